The molecule has 1 aliphatic heterocycles. The third-order valence-corrected chi connectivity index (χ3v) is 4.35. The van der Waals surface area contributed by atoms with Crippen LogP contribution >= 0.6 is 0 Å². The van der Waals surface area contributed by atoms with Gasteiger partial charge in [-0.2, -0.15) is 0 Å². The van der Waals surface area contributed by atoms with Crippen LogP contribution in [0.1, 0.15) is 47.5 Å². The second-order valence-corrected chi connectivity index (χ2v) is 6.56. The lowest BCUT2D eigenvalue weighted by atomic mass is 10.1. The zero-order valence-corrected chi connectivity index (χ0v) is 13.8. The SMILES string of the molecule is CCN1CCN(C(C)CCCNCC(C)C)CC1C. The van der Waals surface area contributed by atoms with Crippen molar-refractivity contribution in [3.63, 3.8) is 0 Å². The number of piperazine rings is 1. The molecule has 114 valence electrons. The maximum atomic E-state index is 3.54. The summed E-state index contributed by atoms with van der Waals surface area (Å²) in [6, 6.07) is 1.46. The largest absolute Gasteiger partial charge is 0.316 e. The highest BCUT2D eigenvalue weighted by molar-refractivity contribution is 4.81. The summed E-state index contributed by atoms with van der Waals surface area (Å²) in [6.45, 7) is 18.8. The van der Waals surface area contributed by atoms with E-state index in [2.05, 4.69) is 49.7 Å². The summed E-state index contributed by atoms with van der Waals surface area (Å²) in [5.41, 5.74) is 0. The normalized spacial score (nSPS) is 24.0. The monoisotopic (exact) mass is 269 g/mol. The number of hydrogen-bond acceptors (Lipinski definition) is 3. The van der Waals surface area contributed by atoms with Crippen molar-refractivity contribution in [1.82, 2.24) is 15.1 Å². The van der Waals surface area contributed by atoms with Crippen LogP contribution in [-0.4, -0.2) is 61.2 Å². The highest BCUT2D eigenvalue weighted by atomic mass is 15.3. The molecule has 1 rings (SSSR count). The van der Waals surface area contributed by atoms with E-state index in [1.54, 1.807) is 0 Å². The van der Waals surface area contributed by atoms with Gasteiger partial charge in [-0.25, -0.2) is 0 Å². The number of hydrogen-bond donors (Lipinski definition) is 1. The highest BCUT2D eigenvalue weighted by Gasteiger charge is 2.24. The molecule has 0 radical (unpaired) electrons. The Morgan fingerprint density at radius 2 is 1.95 bits per heavy atom. The predicted octanol–water partition coefficient (Wildman–Crippen LogP) is 2.43. The van der Waals surface area contributed by atoms with Crippen LogP contribution in [-0.2, 0) is 0 Å². The van der Waals surface area contributed by atoms with E-state index < -0.39 is 0 Å². The van der Waals surface area contributed by atoms with Gasteiger partial charge in [0.05, 0.1) is 0 Å². The molecule has 0 aliphatic carbocycles. The van der Waals surface area contributed by atoms with E-state index in [4.69, 9.17) is 0 Å². The predicted molar refractivity (Wildman–Crippen MR) is 84.7 cm³/mol. The van der Waals surface area contributed by atoms with E-state index in [1.807, 2.05) is 0 Å². The zero-order chi connectivity index (χ0) is 14.3. The molecule has 0 spiro atoms. The van der Waals surface area contributed by atoms with Gasteiger partial charge in [-0.1, -0.05) is 20.8 Å². The van der Waals surface area contributed by atoms with Crippen LogP contribution in [0.5, 0.6) is 0 Å². The lowest BCUT2D eigenvalue weighted by molar-refractivity contribution is 0.0607. The van der Waals surface area contributed by atoms with Crippen molar-refractivity contribution in [3.8, 4) is 0 Å². The Labute approximate surface area is 120 Å². The van der Waals surface area contributed by atoms with Gasteiger partial charge in [0, 0.05) is 31.7 Å². The Morgan fingerprint density at radius 1 is 1.21 bits per heavy atom. The minimum Gasteiger partial charge on any atom is -0.316 e. The highest BCUT2D eigenvalue weighted by Crippen LogP contribution is 2.14. The fourth-order valence-electron chi connectivity index (χ4n) is 2.99. The molecular weight excluding hydrogens is 234 g/mol. The maximum Gasteiger partial charge on any atom is 0.0195 e. The molecule has 2 unspecified atom stereocenters. The third kappa shape index (κ3) is 6.24. The van der Waals surface area contributed by atoms with Gasteiger partial charge in [0.2, 0.25) is 0 Å². The Kier molecular flexibility index (Phi) is 7.96. The van der Waals surface area contributed by atoms with E-state index >= 15 is 0 Å². The lowest BCUT2D eigenvalue weighted by Crippen LogP contribution is -2.54. The molecule has 0 aromatic carbocycles. The van der Waals surface area contributed by atoms with Crippen LogP contribution in [0, 0.1) is 5.92 Å². The van der Waals surface area contributed by atoms with Crippen molar-refractivity contribution in [2.75, 3.05) is 39.3 Å². The summed E-state index contributed by atoms with van der Waals surface area (Å²) in [4.78, 5) is 5.27. The minimum absolute atomic E-state index is 0.722. The van der Waals surface area contributed by atoms with Gasteiger partial charge in [0.15, 0.2) is 0 Å². The Bertz CT molecular complexity index is 230. The molecule has 0 bridgehead atoms. The molecule has 1 saturated heterocycles. The van der Waals surface area contributed by atoms with Crippen molar-refractivity contribution in [1.29, 1.82) is 0 Å². The van der Waals surface area contributed by atoms with Crippen LogP contribution in [0.25, 0.3) is 0 Å². The maximum absolute atomic E-state index is 3.54. The van der Waals surface area contributed by atoms with Gasteiger partial charge < -0.3 is 5.32 Å². The molecule has 1 fully saturated rings. The minimum atomic E-state index is 0.722. The van der Waals surface area contributed by atoms with E-state index in [1.165, 1.54) is 45.6 Å². The molecule has 3 nitrogen and oxygen atoms in total. The van der Waals surface area contributed by atoms with E-state index in [9.17, 15) is 0 Å². The fraction of sp³-hybridized carbons (Fsp3) is 1.00. The summed E-state index contributed by atoms with van der Waals surface area (Å²) in [6.07, 6.45) is 2.63. The molecular formula is C16H35N3. The fourth-order valence-corrected chi connectivity index (χ4v) is 2.99. The summed E-state index contributed by atoms with van der Waals surface area (Å²) >= 11 is 0. The molecule has 1 N–H and O–H groups in total. The second kappa shape index (κ2) is 8.93. The van der Waals surface area contributed by atoms with Gasteiger partial charge >= 0.3 is 0 Å². The van der Waals surface area contributed by atoms with Crippen LogP contribution < -0.4 is 5.32 Å². The standard InChI is InChI=1S/C16H35N3/c1-6-18-10-11-19(13-16(18)5)15(4)8-7-9-17-12-14(2)3/h14-17H,6-13H2,1-5H3. The smallest absolute Gasteiger partial charge is 0.0195 e. The molecule has 0 amide bonds. The van der Waals surface area contributed by atoms with Crippen molar-refractivity contribution < 1.29 is 0 Å². The van der Waals surface area contributed by atoms with E-state index in [-0.39, 0.29) is 0 Å². The number of rotatable bonds is 8. The quantitative estimate of drug-likeness (QED) is 0.683. The summed E-state index contributed by atoms with van der Waals surface area (Å²) < 4.78 is 0. The van der Waals surface area contributed by atoms with Gasteiger partial charge in [0.25, 0.3) is 0 Å². The van der Waals surface area contributed by atoms with E-state index in [0.717, 1.165) is 24.5 Å². The first-order valence-corrected chi connectivity index (χ1v) is 8.23. The van der Waals surface area contributed by atoms with Crippen molar-refractivity contribution in [3.05, 3.63) is 0 Å². The Morgan fingerprint density at radius 3 is 2.53 bits per heavy atom. The number of nitrogens with zero attached hydrogens (tertiary/aromatic N) is 2. The van der Waals surface area contributed by atoms with Crippen molar-refractivity contribution in [2.45, 2.75) is 59.5 Å². The van der Waals surface area contributed by atoms with Gasteiger partial charge in [0.1, 0.15) is 0 Å². The number of likely N-dealkylation sites (N-methyl/N-ethyl adjacent to an activating group) is 1. The third-order valence-electron chi connectivity index (χ3n) is 4.35. The second-order valence-electron chi connectivity index (χ2n) is 6.56. The average Bonchev–Trinajstić information content (AvgIpc) is 2.37. The van der Waals surface area contributed by atoms with Crippen LogP contribution in [0.3, 0.4) is 0 Å². The van der Waals surface area contributed by atoms with Crippen LogP contribution in [0.2, 0.25) is 0 Å². The average molecular weight is 269 g/mol. The molecule has 19 heavy (non-hydrogen) atoms. The van der Waals surface area contributed by atoms with Crippen LogP contribution in [0.4, 0.5) is 0 Å². The first kappa shape index (κ1) is 16.9. The van der Waals surface area contributed by atoms with Crippen molar-refractivity contribution in [2.24, 2.45) is 5.92 Å². The summed E-state index contributed by atoms with van der Waals surface area (Å²) in [5.74, 6) is 0.764. The first-order valence-electron chi connectivity index (χ1n) is 8.23. The molecule has 2 atom stereocenters. The topological polar surface area (TPSA) is 18.5 Å². The van der Waals surface area contributed by atoms with Gasteiger partial charge in [-0.3, -0.25) is 9.80 Å². The van der Waals surface area contributed by atoms with Gasteiger partial charge in [-0.05, 0) is 52.2 Å². The summed E-state index contributed by atoms with van der Waals surface area (Å²) in [5, 5.41) is 3.54. The Balaban J connectivity index is 2.14. The first-order chi connectivity index (χ1) is 9.04. The molecule has 0 aromatic rings. The lowest BCUT2D eigenvalue weighted by Gasteiger charge is -2.42. The molecule has 0 saturated carbocycles. The van der Waals surface area contributed by atoms with E-state index in [0.29, 0.717) is 0 Å². The molecule has 3 heteroatoms. The zero-order valence-electron chi connectivity index (χ0n) is 13.8. The van der Waals surface area contributed by atoms with Gasteiger partial charge in [-0.15, -0.1) is 0 Å². The summed E-state index contributed by atoms with van der Waals surface area (Å²) in [7, 11) is 0. The van der Waals surface area contributed by atoms with Crippen LogP contribution in [0.15, 0.2) is 0 Å². The molecule has 1 aliphatic rings. The molecule has 1 heterocycles. The van der Waals surface area contributed by atoms with Crippen molar-refractivity contribution >= 4 is 0 Å². The number of nitrogens with one attached hydrogen (secondary N) is 1. The Hall–Kier alpha value is -0.120. The molecule has 0 aromatic heterocycles.